The summed E-state index contributed by atoms with van der Waals surface area (Å²) in [6, 6.07) is 42.6. The first-order valence-electron chi connectivity index (χ1n) is 20.1. The number of aryl methyl sites for hydroxylation is 6. The molecule has 4 heteroatoms. The molecular weight excluding hydrogens is 681 g/mol. The topological polar surface area (TPSA) is 35.6 Å². The quantitative estimate of drug-likeness (QED) is 0.181. The highest BCUT2D eigenvalue weighted by atomic mass is 15.1. The maximum Gasteiger partial charge on any atom is 0.137 e. The van der Waals surface area contributed by atoms with Crippen LogP contribution in [0.3, 0.4) is 0 Å². The van der Waals surface area contributed by atoms with Gasteiger partial charge >= 0.3 is 0 Å². The molecule has 0 radical (unpaired) electrons. The molecule has 4 heterocycles. The molecule has 56 heavy (non-hydrogen) atoms. The van der Waals surface area contributed by atoms with Gasteiger partial charge in [0.25, 0.3) is 0 Å². The maximum absolute atomic E-state index is 4.99. The van der Waals surface area contributed by atoms with Gasteiger partial charge in [-0.3, -0.25) is 9.13 Å². The van der Waals surface area contributed by atoms with Crippen molar-refractivity contribution in [3.05, 3.63) is 178 Å². The summed E-state index contributed by atoms with van der Waals surface area (Å²) < 4.78 is 4.98. The molecule has 4 nitrogen and oxygen atoms in total. The van der Waals surface area contributed by atoms with Crippen LogP contribution in [0.15, 0.2) is 128 Å². The van der Waals surface area contributed by atoms with Crippen LogP contribution in [0.2, 0.25) is 0 Å². The zero-order chi connectivity index (χ0) is 37.1. The number of hydrogen-bond donors (Lipinski definition) is 0. The number of allylic oxidation sites excluding steroid dienone is 1. The van der Waals surface area contributed by atoms with E-state index >= 15 is 0 Å². The molecule has 0 saturated heterocycles. The molecule has 0 atom stereocenters. The number of pyridine rings is 2. The molecule has 0 amide bonds. The van der Waals surface area contributed by atoms with Gasteiger partial charge in [-0.25, -0.2) is 9.97 Å². The van der Waals surface area contributed by atoms with Gasteiger partial charge in [0.05, 0.1) is 16.6 Å². The van der Waals surface area contributed by atoms with Crippen molar-refractivity contribution < 1.29 is 0 Å². The van der Waals surface area contributed by atoms with Gasteiger partial charge < -0.3 is 0 Å². The highest BCUT2D eigenvalue weighted by Crippen LogP contribution is 2.52. The lowest BCUT2D eigenvalue weighted by Gasteiger charge is -2.31. The molecule has 3 aliphatic rings. The molecule has 5 aromatic carbocycles. The third-order valence-corrected chi connectivity index (χ3v) is 12.8. The van der Waals surface area contributed by atoms with E-state index in [1.165, 1.54) is 111 Å². The van der Waals surface area contributed by atoms with Crippen LogP contribution >= 0.6 is 0 Å². The molecule has 0 fully saturated rings. The van der Waals surface area contributed by atoms with Gasteiger partial charge in [0.2, 0.25) is 0 Å². The van der Waals surface area contributed by atoms with E-state index in [9.17, 15) is 0 Å². The van der Waals surface area contributed by atoms with Crippen LogP contribution in [0, 0.1) is 13.8 Å². The van der Waals surface area contributed by atoms with E-state index < -0.39 is 0 Å². The van der Waals surface area contributed by atoms with Crippen LogP contribution in [-0.4, -0.2) is 19.1 Å². The number of benzene rings is 5. The third-order valence-electron chi connectivity index (χ3n) is 12.8. The SMILES string of the molecule is Cc1cccc(C2=Cc3c(n(-c4ccccn4)c4c5c6c(cc34)CCc3cc4c7cc(-c8cccc(C)c8)ccc7n(-c7ccccn7)c4c(c3-6)CC5)CC2)c1. The first kappa shape index (κ1) is 31.8. The summed E-state index contributed by atoms with van der Waals surface area (Å²) in [6.45, 7) is 4.37. The molecule has 0 spiro atoms. The molecule has 4 aromatic heterocycles. The van der Waals surface area contributed by atoms with Crippen molar-refractivity contribution in [1.82, 2.24) is 19.1 Å². The lowest BCUT2D eigenvalue weighted by Crippen LogP contribution is -2.16. The standard InChI is InChI=1S/C52H40N4/c1-31-9-7-11-33(25-31)35-17-21-45-41(27-35)43-29-37-15-16-38-30-44-42-28-36(34-12-8-10-32(2)26-34)18-22-46(42)56(48-14-4-6-24-54-48)52(44)40-20-19-39(49(37)50(38)40)51(43)55(45)47-13-3-5-23-53-47/h3-14,17,21,23-30H,15-16,18-20,22H2,1-2H3. The van der Waals surface area contributed by atoms with E-state index in [0.717, 1.165) is 50.2 Å². The Labute approximate surface area is 326 Å². The normalized spacial score (nSPS) is 14.3. The predicted molar refractivity (Wildman–Crippen MR) is 231 cm³/mol. The molecule has 0 aliphatic heterocycles. The molecular formula is C52H40N4. The minimum absolute atomic E-state index is 0.970. The minimum atomic E-state index is 0.970. The fraction of sp³-hybridized carbons (Fsp3) is 0.154. The lowest BCUT2D eigenvalue weighted by molar-refractivity contribution is 0.860. The number of nitrogens with zero attached hydrogens (tertiary/aromatic N) is 4. The van der Waals surface area contributed by atoms with Crippen molar-refractivity contribution in [3.63, 3.8) is 0 Å². The summed E-state index contributed by atoms with van der Waals surface area (Å²) in [5, 5.41) is 4.01. The van der Waals surface area contributed by atoms with Crippen LogP contribution in [-0.2, 0) is 32.1 Å². The molecule has 0 bridgehead atoms. The smallest absolute Gasteiger partial charge is 0.137 e. The van der Waals surface area contributed by atoms with Crippen LogP contribution < -0.4 is 0 Å². The summed E-state index contributed by atoms with van der Waals surface area (Å²) >= 11 is 0. The van der Waals surface area contributed by atoms with E-state index in [-0.39, 0.29) is 0 Å². The van der Waals surface area contributed by atoms with Crippen molar-refractivity contribution in [2.75, 3.05) is 0 Å². The fourth-order valence-electron chi connectivity index (χ4n) is 10.4. The van der Waals surface area contributed by atoms with E-state index in [1.807, 2.05) is 24.5 Å². The number of aromatic nitrogens is 4. The van der Waals surface area contributed by atoms with Crippen LogP contribution in [0.1, 0.15) is 56.6 Å². The lowest BCUT2D eigenvalue weighted by atomic mass is 9.73. The Morgan fingerprint density at radius 1 is 0.482 bits per heavy atom. The van der Waals surface area contributed by atoms with E-state index in [2.05, 4.69) is 132 Å². The molecule has 0 saturated carbocycles. The number of hydrogen-bond acceptors (Lipinski definition) is 2. The summed E-state index contributed by atoms with van der Waals surface area (Å²) in [6.07, 6.45) is 12.4. The molecule has 0 N–H and O–H groups in total. The second-order valence-electron chi connectivity index (χ2n) is 16.1. The molecule has 268 valence electrons. The summed E-state index contributed by atoms with van der Waals surface area (Å²) in [5.41, 5.74) is 23.3. The van der Waals surface area contributed by atoms with Gasteiger partial charge in [0.15, 0.2) is 0 Å². The van der Waals surface area contributed by atoms with Gasteiger partial charge in [0.1, 0.15) is 11.6 Å². The second kappa shape index (κ2) is 12.0. The number of fused-ring (bicyclic) bond motifs is 8. The Morgan fingerprint density at radius 3 is 1.79 bits per heavy atom. The Hall–Kier alpha value is -6.52. The highest BCUT2D eigenvalue weighted by molar-refractivity contribution is 6.14. The second-order valence-corrected chi connectivity index (χ2v) is 16.1. The van der Waals surface area contributed by atoms with Gasteiger partial charge in [-0.1, -0.05) is 77.9 Å². The zero-order valence-corrected chi connectivity index (χ0v) is 31.7. The van der Waals surface area contributed by atoms with Crippen LogP contribution in [0.4, 0.5) is 0 Å². The molecule has 12 rings (SSSR count). The number of rotatable bonds is 4. The highest BCUT2D eigenvalue weighted by Gasteiger charge is 2.34. The first-order chi connectivity index (χ1) is 27.6. The monoisotopic (exact) mass is 720 g/mol. The fourth-order valence-corrected chi connectivity index (χ4v) is 10.4. The third kappa shape index (κ3) is 4.59. The Kier molecular flexibility index (Phi) is 6.81. The zero-order valence-electron chi connectivity index (χ0n) is 31.7. The minimum Gasteiger partial charge on any atom is -0.297 e. The van der Waals surface area contributed by atoms with Crippen molar-refractivity contribution in [2.24, 2.45) is 0 Å². The predicted octanol–water partition coefficient (Wildman–Crippen LogP) is 12.2. The van der Waals surface area contributed by atoms with Gasteiger partial charge in [-0.15, -0.1) is 0 Å². The van der Waals surface area contributed by atoms with Crippen LogP contribution in [0.5, 0.6) is 0 Å². The van der Waals surface area contributed by atoms with E-state index in [4.69, 9.17) is 9.97 Å². The van der Waals surface area contributed by atoms with Crippen molar-refractivity contribution >= 4 is 44.4 Å². The first-order valence-corrected chi connectivity index (χ1v) is 20.1. The van der Waals surface area contributed by atoms with Gasteiger partial charge in [-0.2, -0.15) is 0 Å². The van der Waals surface area contributed by atoms with Gasteiger partial charge in [0, 0.05) is 39.8 Å². The van der Waals surface area contributed by atoms with Crippen LogP contribution in [0.25, 0.3) is 78.2 Å². The molecule has 0 unspecified atom stereocenters. The largest absolute Gasteiger partial charge is 0.297 e. The molecule has 9 aromatic rings. The van der Waals surface area contributed by atoms with E-state index in [1.54, 1.807) is 0 Å². The Morgan fingerprint density at radius 2 is 1.11 bits per heavy atom. The van der Waals surface area contributed by atoms with E-state index in [0.29, 0.717) is 0 Å². The Balaban J connectivity index is 1.15. The summed E-state index contributed by atoms with van der Waals surface area (Å²) in [7, 11) is 0. The Bertz CT molecular complexity index is 3140. The van der Waals surface area contributed by atoms with Crippen molar-refractivity contribution in [1.29, 1.82) is 0 Å². The van der Waals surface area contributed by atoms with Gasteiger partial charge in [-0.05, 0) is 163 Å². The van der Waals surface area contributed by atoms with Crippen molar-refractivity contribution in [2.45, 2.75) is 52.4 Å². The van der Waals surface area contributed by atoms with Crippen molar-refractivity contribution in [3.8, 4) is 33.9 Å². The summed E-state index contributed by atoms with van der Waals surface area (Å²) in [5.74, 6) is 1.98. The summed E-state index contributed by atoms with van der Waals surface area (Å²) in [4.78, 5) is 9.96. The molecule has 3 aliphatic carbocycles. The average Bonchev–Trinajstić information content (AvgIpc) is 3.75. The average molecular weight is 721 g/mol. The maximum atomic E-state index is 4.99.